The molecule has 1 amide bonds. The molecule has 108 valence electrons. The zero-order valence-corrected chi connectivity index (χ0v) is 12.6. The average molecular weight is 294 g/mol. The van der Waals surface area contributed by atoms with Crippen molar-refractivity contribution in [2.24, 2.45) is 17.6 Å². The van der Waals surface area contributed by atoms with Crippen LogP contribution in [0.4, 0.5) is 5.69 Å². The summed E-state index contributed by atoms with van der Waals surface area (Å²) in [6.07, 6.45) is 0. The molecule has 4 nitrogen and oxygen atoms in total. The summed E-state index contributed by atoms with van der Waals surface area (Å²) in [5.74, 6) is 0.800. The largest absolute Gasteiger partial charge is 0.366 e. The summed E-state index contributed by atoms with van der Waals surface area (Å²) in [5, 5.41) is 4.00. The van der Waals surface area contributed by atoms with E-state index in [9.17, 15) is 4.79 Å². The van der Waals surface area contributed by atoms with E-state index in [0.717, 1.165) is 25.3 Å². The Morgan fingerprint density at radius 2 is 2.20 bits per heavy atom. The van der Waals surface area contributed by atoms with Gasteiger partial charge in [0.2, 0.25) is 0 Å². The van der Waals surface area contributed by atoms with Crippen LogP contribution in [0.15, 0.2) is 18.2 Å². The number of nitrogens with one attached hydrogen (secondary N) is 1. The van der Waals surface area contributed by atoms with E-state index >= 15 is 0 Å². The van der Waals surface area contributed by atoms with Gasteiger partial charge in [-0.1, -0.05) is 11.6 Å². The molecule has 3 rings (SSSR count). The Kier molecular flexibility index (Phi) is 3.18. The lowest BCUT2D eigenvalue weighted by Gasteiger charge is -2.38. The van der Waals surface area contributed by atoms with Gasteiger partial charge in [-0.05, 0) is 43.9 Å². The van der Waals surface area contributed by atoms with Crippen LogP contribution >= 0.6 is 11.6 Å². The van der Waals surface area contributed by atoms with E-state index in [-0.39, 0.29) is 5.54 Å². The van der Waals surface area contributed by atoms with Gasteiger partial charge < -0.3 is 16.0 Å². The van der Waals surface area contributed by atoms with Crippen LogP contribution in [0.3, 0.4) is 0 Å². The molecule has 0 radical (unpaired) electrons. The van der Waals surface area contributed by atoms with E-state index in [2.05, 4.69) is 24.1 Å². The first kappa shape index (κ1) is 13.7. The number of nitrogens with zero attached hydrogens (tertiary/aromatic N) is 1. The predicted molar refractivity (Wildman–Crippen MR) is 81.2 cm³/mol. The van der Waals surface area contributed by atoms with Crippen LogP contribution in [0, 0.1) is 11.8 Å². The number of primary amides is 1. The van der Waals surface area contributed by atoms with Gasteiger partial charge in [0, 0.05) is 30.2 Å². The number of benzene rings is 1. The minimum absolute atomic E-state index is 0.00615. The summed E-state index contributed by atoms with van der Waals surface area (Å²) >= 11 is 6.00. The third-order valence-corrected chi connectivity index (χ3v) is 5.11. The van der Waals surface area contributed by atoms with Gasteiger partial charge in [0.05, 0.1) is 11.3 Å². The Labute approximate surface area is 124 Å². The molecule has 20 heavy (non-hydrogen) atoms. The second kappa shape index (κ2) is 4.64. The van der Waals surface area contributed by atoms with Gasteiger partial charge in [0.25, 0.3) is 5.91 Å². The van der Waals surface area contributed by atoms with E-state index in [0.29, 0.717) is 22.4 Å². The van der Waals surface area contributed by atoms with Crippen molar-refractivity contribution >= 4 is 23.2 Å². The van der Waals surface area contributed by atoms with E-state index in [1.165, 1.54) is 0 Å². The molecule has 1 aromatic carbocycles. The molecular weight excluding hydrogens is 274 g/mol. The van der Waals surface area contributed by atoms with E-state index in [1.807, 2.05) is 12.1 Å². The molecule has 0 spiro atoms. The molecule has 2 atom stereocenters. The average Bonchev–Trinajstić information content (AvgIpc) is 2.92. The molecular formula is C15H20ClN3O. The monoisotopic (exact) mass is 293 g/mol. The highest BCUT2D eigenvalue weighted by molar-refractivity contribution is 6.31. The first-order valence-corrected chi connectivity index (χ1v) is 7.37. The zero-order valence-electron chi connectivity index (χ0n) is 11.8. The molecule has 0 saturated carbocycles. The number of hydrogen-bond donors (Lipinski definition) is 2. The fraction of sp³-hybridized carbons (Fsp3) is 0.533. The van der Waals surface area contributed by atoms with E-state index in [1.54, 1.807) is 6.07 Å². The zero-order chi connectivity index (χ0) is 14.5. The quantitative estimate of drug-likeness (QED) is 0.875. The SMILES string of the molecule is CC1(C)C2CNCC2CN1c1ccc(Cl)cc1C(N)=O. The van der Waals surface area contributed by atoms with Crippen LogP contribution < -0.4 is 16.0 Å². The van der Waals surface area contributed by atoms with Gasteiger partial charge in [-0.2, -0.15) is 0 Å². The highest BCUT2D eigenvalue weighted by Gasteiger charge is 2.50. The molecule has 2 heterocycles. The van der Waals surface area contributed by atoms with Crippen LogP contribution in [0.25, 0.3) is 0 Å². The van der Waals surface area contributed by atoms with Crippen LogP contribution in [0.5, 0.6) is 0 Å². The number of hydrogen-bond acceptors (Lipinski definition) is 3. The summed E-state index contributed by atoms with van der Waals surface area (Å²) in [5.41, 5.74) is 6.94. The third-order valence-electron chi connectivity index (χ3n) is 4.87. The van der Waals surface area contributed by atoms with Crippen LogP contribution in [-0.2, 0) is 0 Å². The molecule has 3 N–H and O–H groups in total. The number of nitrogens with two attached hydrogens (primary N) is 1. The third kappa shape index (κ3) is 1.98. The second-order valence-corrected chi connectivity index (χ2v) is 6.75. The van der Waals surface area contributed by atoms with Crippen LogP contribution in [-0.4, -0.2) is 31.1 Å². The maximum atomic E-state index is 11.7. The summed E-state index contributed by atoms with van der Waals surface area (Å²) in [6.45, 7) is 7.51. The molecule has 2 fully saturated rings. The lowest BCUT2D eigenvalue weighted by Crippen LogP contribution is -2.45. The van der Waals surface area contributed by atoms with Gasteiger partial charge in [-0.3, -0.25) is 4.79 Å². The van der Waals surface area contributed by atoms with Gasteiger partial charge in [-0.25, -0.2) is 0 Å². The Morgan fingerprint density at radius 1 is 1.45 bits per heavy atom. The summed E-state index contributed by atoms with van der Waals surface area (Å²) in [7, 11) is 0. The topological polar surface area (TPSA) is 58.4 Å². The molecule has 0 aliphatic carbocycles. The highest BCUT2D eigenvalue weighted by Crippen LogP contribution is 2.44. The van der Waals surface area contributed by atoms with Gasteiger partial charge in [0.15, 0.2) is 0 Å². The summed E-state index contributed by atoms with van der Waals surface area (Å²) in [6, 6.07) is 5.41. The summed E-state index contributed by atoms with van der Waals surface area (Å²) < 4.78 is 0. The smallest absolute Gasteiger partial charge is 0.250 e. The maximum absolute atomic E-state index is 11.7. The highest BCUT2D eigenvalue weighted by atomic mass is 35.5. The Bertz CT molecular complexity index is 558. The molecule has 2 aliphatic rings. The van der Waals surface area contributed by atoms with Crippen molar-refractivity contribution < 1.29 is 4.79 Å². The van der Waals surface area contributed by atoms with Crippen molar-refractivity contribution in [3.63, 3.8) is 0 Å². The lowest BCUT2D eigenvalue weighted by molar-refractivity contribution is 0.100. The first-order chi connectivity index (χ1) is 9.41. The van der Waals surface area contributed by atoms with Crippen molar-refractivity contribution in [2.75, 3.05) is 24.5 Å². The number of rotatable bonds is 2. The fourth-order valence-electron chi connectivity index (χ4n) is 3.77. The molecule has 5 heteroatoms. The molecule has 2 saturated heterocycles. The van der Waals surface area contributed by atoms with Crippen molar-refractivity contribution in [2.45, 2.75) is 19.4 Å². The number of fused-ring (bicyclic) bond motifs is 1. The van der Waals surface area contributed by atoms with Gasteiger partial charge >= 0.3 is 0 Å². The fourth-order valence-corrected chi connectivity index (χ4v) is 3.94. The van der Waals surface area contributed by atoms with Crippen LogP contribution in [0.2, 0.25) is 5.02 Å². The summed E-state index contributed by atoms with van der Waals surface area (Å²) in [4.78, 5) is 14.0. The van der Waals surface area contributed by atoms with Crippen molar-refractivity contribution in [3.8, 4) is 0 Å². The standard InChI is InChI=1S/C15H20ClN3O/c1-15(2)12-7-18-6-9(12)8-19(15)13-4-3-10(16)5-11(13)14(17)20/h3-5,9,12,18H,6-8H2,1-2H3,(H2,17,20). The Morgan fingerprint density at radius 3 is 2.85 bits per heavy atom. The molecule has 1 aromatic rings. The predicted octanol–water partition coefficient (Wildman–Crippen LogP) is 1.87. The molecule has 2 aliphatic heterocycles. The van der Waals surface area contributed by atoms with Crippen molar-refractivity contribution in [1.82, 2.24) is 5.32 Å². The number of carbonyl (C=O) groups is 1. The Hall–Kier alpha value is -1.26. The normalized spacial score (nSPS) is 27.6. The number of carbonyl (C=O) groups excluding carboxylic acids is 1. The molecule has 2 unspecified atom stereocenters. The van der Waals surface area contributed by atoms with Gasteiger partial charge in [-0.15, -0.1) is 0 Å². The minimum Gasteiger partial charge on any atom is -0.366 e. The van der Waals surface area contributed by atoms with E-state index in [4.69, 9.17) is 17.3 Å². The minimum atomic E-state index is -0.423. The number of amides is 1. The lowest BCUT2D eigenvalue weighted by atomic mass is 9.84. The van der Waals surface area contributed by atoms with Gasteiger partial charge in [0.1, 0.15) is 0 Å². The van der Waals surface area contributed by atoms with Crippen molar-refractivity contribution in [3.05, 3.63) is 28.8 Å². The molecule has 0 bridgehead atoms. The molecule has 0 aromatic heterocycles. The van der Waals surface area contributed by atoms with Crippen LogP contribution in [0.1, 0.15) is 24.2 Å². The van der Waals surface area contributed by atoms with E-state index < -0.39 is 5.91 Å². The Balaban J connectivity index is 2.04. The second-order valence-electron chi connectivity index (χ2n) is 6.31. The number of anilines is 1. The maximum Gasteiger partial charge on any atom is 0.250 e. The van der Waals surface area contributed by atoms with Crippen molar-refractivity contribution in [1.29, 1.82) is 0 Å². The number of halogens is 1. The first-order valence-electron chi connectivity index (χ1n) is 6.99.